The van der Waals surface area contributed by atoms with Gasteiger partial charge < -0.3 is 9.13 Å². The minimum atomic E-state index is -4.79. The lowest BCUT2D eigenvalue weighted by Gasteiger charge is -2.23. The largest absolute Gasteiger partial charge is 0.415 e. The Bertz CT molecular complexity index is 3920. The van der Waals surface area contributed by atoms with Gasteiger partial charge in [-0.05, 0) is 35.9 Å². The maximum Gasteiger partial charge on any atom is 0.415 e. The van der Waals surface area contributed by atoms with Crippen molar-refractivity contribution < 1.29 is 13.2 Å². The third-order valence-corrected chi connectivity index (χ3v) is 14.2. The van der Waals surface area contributed by atoms with Crippen LogP contribution in [0.3, 0.4) is 0 Å². The minimum Gasteiger partial charge on any atom is -0.318 e. The maximum atomic E-state index is 15.3. The number of aromatic nitrogens is 2. The summed E-state index contributed by atoms with van der Waals surface area (Å²) in [6, 6.07) is 48.1. The summed E-state index contributed by atoms with van der Waals surface area (Å²) < 4.78 is 54.1. The monoisotopic (exact) mass is 814 g/mol. The molecule has 60 heavy (non-hydrogen) atoms. The fraction of sp³-hybridized carbons (Fsp3) is 0.0196. The SMILES string of the molecule is [C-]#[N+]c1cccc(C(F)(F)F)c1-c1ccc(-n2c3ccccc3c3ccc4c5ccccc5sc4c32)c([N+]#[C-])c1-n1c2ccccc2c2ccc3c4ccccc4sc3c21. The standard InChI is InChI=1S/C51H25F3N4S2/c1-55-38-17-11-16-37(51(52,53)54)44(38)36-26-27-41(57-39-18-7-3-12-28(39)32-22-24-34-30-14-5-9-20-42(30)59-49(34)47(32)57)45(56-2)46(36)58-40-19-8-4-13-29(40)33-23-25-35-31-15-6-10-21-43(31)60-50(35)48(33)58/h3-27H. The van der Waals surface area contributed by atoms with E-state index in [0.29, 0.717) is 5.69 Å². The lowest BCUT2D eigenvalue weighted by Crippen LogP contribution is -2.09. The van der Waals surface area contributed by atoms with Gasteiger partial charge in [0.05, 0.1) is 61.5 Å². The van der Waals surface area contributed by atoms with Gasteiger partial charge in [0.15, 0.2) is 5.69 Å². The van der Waals surface area contributed by atoms with E-state index in [-0.39, 0.29) is 28.2 Å². The van der Waals surface area contributed by atoms with Crippen molar-refractivity contribution in [3.8, 4) is 22.5 Å². The number of nitrogens with zero attached hydrogens (tertiary/aromatic N) is 4. The van der Waals surface area contributed by atoms with E-state index in [1.165, 1.54) is 12.1 Å². The van der Waals surface area contributed by atoms with Crippen LogP contribution in [0.5, 0.6) is 0 Å². The molecule has 0 bridgehead atoms. The second kappa shape index (κ2) is 12.5. The third kappa shape index (κ3) is 4.64. The molecule has 12 aromatic rings. The van der Waals surface area contributed by atoms with Crippen LogP contribution in [0.1, 0.15) is 5.56 Å². The summed E-state index contributed by atoms with van der Waals surface area (Å²) >= 11 is 3.31. The number of fused-ring (bicyclic) bond motifs is 14. The van der Waals surface area contributed by atoms with Gasteiger partial charge in [-0.3, -0.25) is 0 Å². The van der Waals surface area contributed by atoms with Crippen molar-refractivity contribution in [2.45, 2.75) is 6.18 Å². The molecule has 4 heterocycles. The lowest BCUT2D eigenvalue weighted by molar-refractivity contribution is -0.137. The Morgan fingerprint density at radius 1 is 0.467 bits per heavy atom. The minimum absolute atomic E-state index is 0.147. The van der Waals surface area contributed by atoms with Crippen LogP contribution in [-0.4, -0.2) is 9.13 Å². The first-order valence-corrected chi connectivity index (χ1v) is 20.8. The van der Waals surface area contributed by atoms with Gasteiger partial charge in [0.1, 0.15) is 0 Å². The molecule has 0 N–H and O–H groups in total. The lowest BCUT2D eigenvalue weighted by atomic mass is 9.94. The van der Waals surface area contributed by atoms with Gasteiger partial charge in [-0.25, -0.2) is 9.69 Å². The fourth-order valence-electron chi connectivity index (χ4n) is 9.38. The molecule has 0 amide bonds. The highest BCUT2D eigenvalue weighted by Crippen LogP contribution is 2.53. The second-order valence-electron chi connectivity index (χ2n) is 14.8. The Labute approximate surface area is 347 Å². The van der Waals surface area contributed by atoms with Crippen LogP contribution in [-0.2, 0) is 6.18 Å². The second-order valence-corrected chi connectivity index (χ2v) is 16.9. The van der Waals surface area contributed by atoms with Gasteiger partial charge in [-0.1, -0.05) is 121 Å². The molecular weight excluding hydrogens is 790 g/mol. The molecule has 0 unspecified atom stereocenters. The molecule has 4 nitrogen and oxygen atoms in total. The van der Waals surface area contributed by atoms with Crippen LogP contribution < -0.4 is 0 Å². The zero-order valence-corrected chi connectivity index (χ0v) is 32.8. The summed E-state index contributed by atoms with van der Waals surface area (Å²) in [6.07, 6.45) is -4.79. The molecule has 0 spiro atoms. The van der Waals surface area contributed by atoms with Gasteiger partial charge in [0.2, 0.25) is 5.69 Å². The van der Waals surface area contributed by atoms with Crippen molar-refractivity contribution in [3.05, 3.63) is 180 Å². The van der Waals surface area contributed by atoms with E-state index in [9.17, 15) is 0 Å². The first kappa shape index (κ1) is 34.6. The predicted molar refractivity (Wildman–Crippen MR) is 244 cm³/mol. The molecule has 0 aliphatic heterocycles. The van der Waals surface area contributed by atoms with E-state index in [0.717, 1.165) is 90.0 Å². The molecule has 282 valence electrons. The first-order valence-electron chi connectivity index (χ1n) is 19.2. The van der Waals surface area contributed by atoms with Crippen LogP contribution in [0.2, 0.25) is 0 Å². The molecule has 0 radical (unpaired) electrons. The molecule has 8 aromatic carbocycles. The van der Waals surface area contributed by atoms with Gasteiger partial charge in [0, 0.05) is 58.1 Å². The summed E-state index contributed by atoms with van der Waals surface area (Å²) in [5, 5.41) is 8.12. The molecule has 0 aliphatic rings. The number of hydrogen-bond acceptors (Lipinski definition) is 2. The molecule has 9 heteroatoms. The summed E-state index contributed by atoms with van der Waals surface area (Å²) in [7, 11) is 0. The van der Waals surface area contributed by atoms with Crippen molar-refractivity contribution in [1.29, 1.82) is 0 Å². The molecule has 0 atom stereocenters. The van der Waals surface area contributed by atoms with E-state index < -0.39 is 11.7 Å². The van der Waals surface area contributed by atoms with Crippen molar-refractivity contribution in [1.82, 2.24) is 9.13 Å². The maximum absolute atomic E-state index is 15.3. The van der Waals surface area contributed by atoms with E-state index in [1.807, 2.05) is 71.3 Å². The number of para-hydroxylation sites is 2. The number of thiophene rings is 2. The predicted octanol–water partition coefficient (Wildman–Crippen LogP) is 16.4. The molecule has 0 saturated carbocycles. The molecular formula is C51H25F3N4S2. The average Bonchev–Trinajstić information content (AvgIpc) is 4.03. The Balaban J connectivity index is 1.33. The highest BCUT2D eigenvalue weighted by atomic mass is 32.1. The topological polar surface area (TPSA) is 18.6 Å². The Hall–Kier alpha value is -7.43. The fourth-order valence-corrected chi connectivity index (χ4v) is 11.9. The third-order valence-electron chi connectivity index (χ3n) is 11.8. The van der Waals surface area contributed by atoms with Crippen LogP contribution in [0, 0.1) is 13.1 Å². The first-order chi connectivity index (χ1) is 29.4. The highest BCUT2D eigenvalue weighted by Gasteiger charge is 2.36. The number of rotatable bonds is 3. The number of alkyl halides is 3. The quantitative estimate of drug-likeness (QED) is 0.158. The number of benzene rings is 8. The van der Waals surface area contributed by atoms with Crippen molar-refractivity contribution >= 4 is 118 Å². The summed E-state index contributed by atoms with van der Waals surface area (Å²) in [6.45, 7) is 17.3. The van der Waals surface area contributed by atoms with Crippen molar-refractivity contribution in [2.24, 2.45) is 0 Å². The van der Waals surface area contributed by atoms with Crippen LogP contribution in [0.4, 0.5) is 24.5 Å². The van der Waals surface area contributed by atoms with Gasteiger partial charge >= 0.3 is 6.18 Å². The normalized spacial score (nSPS) is 12.2. The Kier molecular flexibility index (Phi) is 7.23. The van der Waals surface area contributed by atoms with Crippen molar-refractivity contribution in [3.63, 3.8) is 0 Å². The zero-order valence-electron chi connectivity index (χ0n) is 31.2. The Morgan fingerprint density at radius 2 is 0.983 bits per heavy atom. The Morgan fingerprint density at radius 3 is 1.55 bits per heavy atom. The smallest absolute Gasteiger partial charge is 0.318 e. The summed E-state index contributed by atoms with van der Waals surface area (Å²) in [4.78, 5) is 8.02. The highest BCUT2D eigenvalue weighted by molar-refractivity contribution is 7.27. The molecule has 4 aromatic heterocycles. The van der Waals surface area contributed by atoms with Gasteiger partial charge in [-0.2, -0.15) is 13.2 Å². The van der Waals surface area contributed by atoms with Crippen molar-refractivity contribution in [2.75, 3.05) is 0 Å². The van der Waals surface area contributed by atoms with E-state index in [4.69, 9.17) is 13.1 Å². The van der Waals surface area contributed by atoms with Crippen LogP contribution >= 0.6 is 22.7 Å². The molecule has 0 saturated heterocycles. The van der Waals surface area contributed by atoms with Crippen LogP contribution in [0.25, 0.3) is 116 Å². The number of halogens is 3. The van der Waals surface area contributed by atoms with Crippen LogP contribution in [0.15, 0.2) is 152 Å². The summed E-state index contributed by atoms with van der Waals surface area (Å²) in [5.74, 6) is 0. The average molecular weight is 815 g/mol. The van der Waals surface area contributed by atoms with E-state index >= 15 is 13.2 Å². The van der Waals surface area contributed by atoms with E-state index in [1.54, 1.807) is 34.8 Å². The van der Waals surface area contributed by atoms with Gasteiger partial charge in [0.25, 0.3) is 0 Å². The zero-order chi connectivity index (χ0) is 40.4. The number of hydrogen-bond donors (Lipinski definition) is 0. The molecule has 0 aliphatic carbocycles. The molecule has 12 rings (SSSR count). The van der Waals surface area contributed by atoms with Gasteiger partial charge in [-0.15, -0.1) is 22.7 Å². The summed E-state index contributed by atoms with van der Waals surface area (Å²) in [5.41, 5.74) is 3.12. The molecule has 0 fully saturated rings. The van der Waals surface area contributed by atoms with E-state index in [2.05, 4.69) is 68.9 Å².